The van der Waals surface area contributed by atoms with Crippen LogP contribution in [0.3, 0.4) is 0 Å². The predicted octanol–water partition coefficient (Wildman–Crippen LogP) is 3.20. The third kappa shape index (κ3) is 3.71. The molecule has 0 atom stereocenters. The van der Waals surface area contributed by atoms with E-state index in [1.807, 2.05) is 0 Å². The zero-order chi connectivity index (χ0) is 14.6. The monoisotopic (exact) mass is 282 g/mol. The molecule has 0 aliphatic heterocycles. The van der Waals surface area contributed by atoms with Gasteiger partial charge in [0.1, 0.15) is 5.82 Å². The number of benzene rings is 1. The molecule has 6 heteroatoms. The quantitative estimate of drug-likeness (QED) is 0.905. The number of pyridine rings is 1. The second-order valence-corrected chi connectivity index (χ2v) is 4.26. The van der Waals surface area contributed by atoms with Gasteiger partial charge in [-0.15, -0.1) is 0 Å². The van der Waals surface area contributed by atoms with Gasteiger partial charge < -0.3 is 10.4 Å². The van der Waals surface area contributed by atoms with Gasteiger partial charge >= 0.3 is 6.18 Å². The molecule has 2 aromatic rings. The zero-order valence-electron chi connectivity index (χ0n) is 10.5. The smallest absolute Gasteiger partial charge is 0.392 e. The highest BCUT2D eigenvalue weighted by Crippen LogP contribution is 2.29. The van der Waals surface area contributed by atoms with Crippen molar-refractivity contribution in [3.63, 3.8) is 0 Å². The first-order valence-corrected chi connectivity index (χ1v) is 5.95. The molecule has 2 rings (SSSR count). The first-order valence-electron chi connectivity index (χ1n) is 5.95. The van der Waals surface area contributed by atoms with Crippen LogP contribution in [0.25, 0.3) is 0 Å². The van der Waals surface area contributed by atoms with Gasteiger partial charge in [-0.3, -0.25) is 0 Å². The van der Waals surface area contributed by atoms with Crippen LogP contribution in [0.15, 0.2) is 42.6 Å². The second-order valence-electron chi connectivity index (χ2n) is 4.26. The molecule has 3 nitrogen and oxygen atoms in total. The molecule has 2 N–H and O–H groups in total. The fourth-order valence-electron chi connectivity index (χ4n) is 1.66. The van der Waals surface area contributed by atoms with E-state index in [9.17, 15) is 13.2 Å². The van der Waals surface area contributed by atoms with Crippen LogP contribution in [0, 0.1) is 0 Å². The molecule has 0 aliphatic carbocycles. The molecule has 1 aromatic carbocycles. The molecular formula is C14H13F3N2O. The van der Waals surface area contributed by atoms with Crippen molar-refractivity contribution in [2.75, 3.05) is 5.32 Å². The van der Waals surface area contributed by atoms with Gasteiger partial charge in [-0.2, -0.15) is 13.2 Å². The third-order valence-electron chi connectivity index (χ3n) is 2.77. The van der Waals surface area contributed by atoms with Crippen LogP contribution in [-0.2, 0) is 19.3 Å². The number of aliphatic hydroxyl groups is 1. The van der Waals surface area contributed by atoms with Crippen LogP contribution >= 0.6 is 0 Å². The molecular weight excluding hydrogens is 269 g/mol. The van der Waals surface area contributed by atoms with Crippen molar-refractivity contribution in [1.82, 2.24) is 4.98 Å². The van der Waals surface area contributed by atoms with Crippen molar-refractivity contribution in [3.05, 3.63) is 59.3 Å². The van der Waals surface area contributed by atoms with Gasteiger partial charge in [0.05, 0.1) is 12.2 Å². The van der Waals surface area contributed by atoms with Crippen molar-refractivity contribution < 1.29 is 18.3 Å². The lowest BCUT2D eigenvalue weighted by molar-refractivity contribution is -0.137. The summed E-state index contributed by atoms with van der Waals surface area (Å²) in [6.07, 6.45) is -3.25. The van der Waals surface area contributed by atoms with Gasteiger partial charge in [0.15, 0.2) is 0 Å². The molecule has 0 spiro atoms. The minimum atomic E-state index is -4.37. The first-order chi connectivity index (χ1) is 9.49. The maximum atomic E-state index is 12.5. The lowest BCUT2D eigenvalue weighted by Gasteiger charge is -2.10. The number of hydrogen-bond acceptors (Lipinski definition) is 3. The van der Waals surface area contributed by atoms with E-state index < -0.39 is 11.7 Å². The van der Waals surface area contributed by atoms with Crippen LogP contribution in [0.5, 0.6) is 0 Å². The average molecular weight is 282 g/mol. The summed E-state index contributed by atoms with van der Waals surface area (Å²) < 4.78 is 37.6. The van der Waals surface area contributed by atoms with E-state index in [1.54, 1.807) is 24.3 Å². The number of nitrogens with zero attached hydrogens (tertiary/aromatic N) is 1. The Bertz CT molecular complexity index is 567. The fourth-order valence-corrected chi connectivity index (χ4v) is 1.66. The number of halogens is 3. The Hall–Kier alpha value is -2.08. The van der Waals surface area contributed by atoms with Crippen LogP contribution in [-0.4, -0.2) is 10.1 Å². The Labute approximate surface area is 114 Å². The van der Waals surface area contributed by atoms with E-state index in [4.69, 9.17) is 5.11 Å². The molecule has 0 saturated heterocycles. The van der Waals surface area contributed by atoms with Gasteiger partial charge in [-0.1, -0.05) is 24.3 Å². The molecule has 1 aromatic heterocycles. The number of rotatable bonds is 4. The lowest BCUT2D eigenvalue weighted by atomic mass is 10.1. The Morgan fingerprint density at radius 3 is 2.30 bits per heavy atom. The number of nitrogens with one attached hydrogen (secondary N) is 1. The summed E-state index contributed by atoms with van der Waals surface area (Å²) in [6.45, 7) is 0.322. The Kier molecular flexibility index (Phi) is 4.24. The van der Waals surface area contributed by atoms with Gasteiger partial charge in [0.2, 0.25) is 0 Å². The largest absolute Gasteiger partial charge is 0.416 e. The average Bonchev–Trinajstić information content (AvgIpc) is 2.45. The maximum absolute atomic E-state index is 12.5. The number of anilines is 1. The predicted molar refractivity (Wildman–Crippen MR) is 68.9 cm³/mol. The Morgan fingerprint density at radius 1 is 1.05 bits per heavy atom. The van der Waals surface area contributed by atoms with Crippen LogP contribution in [0.4, 0.5) is 19.0 Å². The molecule has 0 saturated carbocycles. The summed E-state index contributed by atoms with van der Waals surface area (Å²) in [4.78, 5) is 3.85. The number of aromatic nitrogens is 1. The van der Waals surface area contributed by atoms with Crippen molar-refractivity contribution in [2.24, 2.45) is 0 Å². The van der Waals surface area contributed by atoms with Crippen molar-refractivity contribution in [2.45, 2.75) is 19.3 Å². The number of aliphatic hydroxyl groups excluding tert-OH is 1. The summed E-state index contributed by atoms with van der Waals surface area (Å²) in [6, 6.07) is 9.02. The molecule has 0 radical (unpaired) electrons. The van der Waals surface area contributed by atoms with Crippen molar-refractivity contribution in [1.29, 1.82) is 0 Å². The van der Waals surface area contributed by atoms with E-state index in [0.717, 1.165) is 29.5 Å². The Morgan fingerprint density at radius 2 is 1.70 bits per heavy atom. The van der Waals surface area contributed by atoms with E-state index in [0.29, 0.717) is 6.54 Å². The molecule has 0 amide bonds. The standard InChI is InChI=1S/C14H13F3N2O/c15-14(16,17)12-5-6-18-13(7-12)19-8-10-1-3-11(9-20)4-2-10/h1-7,20H,8-9H2,(H,18,19). The second kappa shape index (κ2) is 5.92. The summed E-state index contributed by atoms with van der Waals surface area (Å²) in [5.41, 5.74) is 0.943. The van der Waals surface area contributed by atoms with Gasteiger partial charge in [0, 0.05) is 12.7 Å². The highest BCUT2D eigenvalue weighted by molar-refractivity contribution is 5.39. The third-order valence-corrected chi connectivity index (χ3v) is 2.77. The maximum Gasteiger partial charge on any atom is 0.416 e. The molecule has 106 valence electrons. The Balaban J connectivity index is 2.03. The SMILES string of the molecule is OCc1ccc(CNc2cc(C(F)(F)F)ccn2)cc1. The van der Waals surface area contributed by atoms with Crippen LogP contribution in [0.1, 0.15) is 16.7 Å². The van der Waals surface area contributed by atoms with Crippen molar-refractivity contribution in [3.8, 4) is 0 Å². The van der Waals surface area contributed by atoms with Gasteiger partial charge in [0.25, 0.3) is 0 Å². The summed E-state index contributed by atoms with van der Waals surface area (Å²) in [5, 5.41) is 11.7. The minimum absolute atomic E-state index is 0.0388. The van der Waals surface area contributed by atoms with E-state index in [-0.39, 0.29) is 12.4 Å². The topological polar surface area (TPSA) is 45.1 Å². The van der Waals surface area contributed by atoms with E-state index in [2.05, 4.69) is 10.3 Å². The van der Waals surface area contributed by atoms with Crippen LogP contribution < -0.4 is 5.32 Å². The minimum Gasteiger partial charge on any atom is -0.392 e. The molecule has 0 unspecified atom stereocenters. The van der Waals surface area contributed by atoms with Gasteiger partial charge in [-0.05, 0) is 23.3 Å². The molecule has 20 heavy (non-hydrogen) atoms. The van der Waals surface area contributed by atoms with E-state index >= 15 is 0 Å². The molecule has 1 heterocycles. The van der Waals surface area contributed by atoms with Crippen LogP contribution in [0.2, 0.25) is 0 Å². The molecule has 0 aliphatic rings. The zero-order valence-corrected chi connectivity index (χ0v) is 10.5. The molecule has 0 fully saturated rings. The number of hydrogen-bond donors (Lipinski definition) is 2. The summed E-state index contributed by atoms with van der Waals surface area (Å²) >= 11 is 0. The fraction of sp³-hybridized carbons (Fsp3) is 0.214. The van der Waals surface area contributed by atoms with Gasteiger partial charge in [-0.25, -0.2) is 4.98 Å². The highest BCUT2D eigenvalue weighted by atomic mass is 19.4. The summed E-state index contributed by atoms with van der Waals surface area (Å²) in [5.74, 6) is 0.172. The van der Waals surface area contributed by atoms with E-state index in [1.165, 1.54) is 0 Å². The van der Waals surface area contributed by atoms with Crippen molar-refractivity contribution >= 4 is 5.82 Å². The lowest BCUT2D eigenvalue weighted by Crippen LogP contribution is -2.07. The number of alkyl halides is 3. The highest BCUT2D eigenvalue weighted by Gasteiger charge is 2.30. The summed E-state index contributed by atoms with van der Waals surface area (Å²) in [7, 11) is 0. The normalized spacial score (nSPS) is 11.4. The molecule has 0 bridgehead atoms. The first kappa shape index (κ1) is 14.3.